The first kappa shape index (κ1) is 17.6. The number of rotatable bonds is 6. The third-order valence-corrected chi connectivity index (χ3v) is 2.33. The average Bonchev–Trinajstić information content (AvgIpc) is 2.28. The molecule has 3 N–H and O–H groups in total. The van der Waals surface area contributed by atoms with Crippen LogP contribution in [0, 0.1) is 0 Å². The minimum atomic E-state index is -2.86. The number of nitrogens with one attached hydrogen (secondary N) is 1. The SMILES string of the molecule is CC(NC(=O)CCN)c1cccc(OC(F)F)c1.Cl. The maximum atomic E-state index is 12.1. The molecule has 7 heteroatoms. The van der Waals surface area contributed by atoms with Crippen molar-refractivity contribution in [3.8, 4) is 5.75 Å². The summed E-state index contributed by atoms with van der Waals surface area (Å²) in [7, 11) is 0. The lowest BCUT2D eigenvalue weighted by Gasteiger charge is -2.15. The number of benzene rings is 1. The summed E-state index contributed by atoms with van der Waals surface area (Å²) in [5.74, 6) is -0.104. The molecule has 1 unspecified atom stereocenters. The predicted molar refractivity (Wildman–Crippen MR) is 70.6 cm³/mol. The van der Waals surface area contributed by atoms with Gasteiger partial charge in [0.2, 0.25) is 5.91 Å². The highest BCUT2D eigenvalue weighted by Gasteiger charge is 2.11. The third-order valence-electron chi connectivity index (χ3n) is 2.33. The Morgan fingerprint density at radius 1 is 1.47 bits per heavy atom. The first-order valence-corrected chi connectivity index (χ1v) is 5.57. The number of halogens is 3. The number of carbonyl (C=O) groups is 1. The lowest BCUT2D eigenvalue weighted by molar-refractivity contribution is -0.121. The Hall–Kier alpha value is -1.40. The van der Waals surface area contributed by atoms with Crippen LogP contribution in [0.5, 0.6) is 5.75 Å². The molecule has 0 fully saturated rings. The van der Waals surface area contributed by atoms with Crippen LogP contribution in [0.25, 0.3) is 0 Å². The van der Waals surface area contributed by atoms with E-state index < -0.39 is 6.61 Å². The number of carbonyl (C=O) groups excluding carboxylic acids is 1. The Kier molecular flexibility index (Phi) is 8.02. The molecule has 0 aliphatic rings. The first-order valence-electron chi connectivity index (χ1n) is 5.57. The molecule has 4 nitrogen and oxygen atoms in total. The van der Waals surface area contributed by atoms with E-state index in [1.807, 2.05) is 0 Å². The van der Waals surface area contributed by atoms with E-state index in [4.69, 9.17) is 5.73 Å². The summed E-state index contributed by atoms with van der Waals surface area (Å²) in [5, 5.41) is 2.72. The van der Waals surface area contributed by atoms with Crippen molar-refractivity contribution in [1.29, 1.82) is 0 Å². The van der Waals surface area contributed by atoms with E-state index in [1.165, 1.54) is 12.1 Å². The third kappa shape index (κ3) is 6.35. The molecule has 19 heavy (non-hydrogen) atoms. The summed E-state index contributed by atoms with van der Waals surface area (Å²) in [6.45, 7) is -0.828. The van der Waals surface area contributed by atoms with Crippen LogP contribution in [0.15, 0.2) is 24.3 Å². The van der Waals surface area contributed by atoms with Crippen molar-refractivity contribution >= 4 is 18.3 Å². The molecule has 1 aromatic carbocycles. The molecule has 108 valence electrons. The summed E-state index contributed by atoms with van der Waals surface area (Å²) in [6, 6.07) is 5.94. The highest BCUT2D eigenvalue weighted by Crippen LogP contribution is 2.20. The zero-order valence-corrected chi connectivity index (χ0v) is 11.3. The maximum absolute atomic E-state index is 12.1. The molecule has 0 saturated heterocycles. The first-order chi connectivity index (χ1) is 8.52. The van der Waals surface area contributed by atoms with Crippen molar-refractivity contribution in [2.45, 2.75) is 26.0 Å². The van der Waals surface area contributed by atoms with Gasteiger partial charge in [-0.3, -0.25) is 4.79 Å². The molecule has 0 aliphatic heterocycles. The van der Waals surface area contributed by atoms with E-state index in [0.29, 0.717) is 5.56 Å². The molecular weight excluding hydrogens is 278 g/mol. The lowest BCUT2D eigenvalue weighted by Crippen LogP contribution is -2.28. The fourth-order valence-electron chi connectivity index (χ4n) is 1.49. The van der Waals surface area contributed by atoms with Crippen LogP contribution in [0.2, 0.25) is 0 Å². The molecular formula is C12H17ClF2N2O2. The van der Waals surface area contributed by atoms with Crippen LogP contribution in [-0.4, -0.2) is 19.1 Å². The van der Waals surface area contributed by atoms with Crippen LogP contribution in [0.4, 0.5) is 8.78 Å². The molecule has 0 saturated carbocycles. The van der Waals surface area contributed by atoms with Crippen LogP contribution in [0.3, 0.4) is 0 Å². The van der Waals surface area contributed by atoms with Crippen molar-refractivity contribution in [1.82, 2.24) is 5.32 Å². The summed E-state index contributed by atoms with van der Waals surface area (Å²) in [5.41, 5.74) is 5.95. The minimum absolute atomic E-state index is 0. The molecule has 1 rings (SSSR count). The van der Waals surface area contributed by atoms with Gasteiger partial charge in [0, 0.05) is 13.0 Å². The Morgan fingerprint density at radius 3 is 2.74 bits per heavy atom. The van der Waals surface area contributed by atoms with E-state index in [-0.39, 0.29) is 43.1 Å². The van der Waals surface area contributed by atoms with E-state index in [1.54, 1.807) is 19.1 Å². The molecule has 1 aromatic rings. The van der Waals surface area contributed by atoms with Crippen LogP contribution in [0.1, 0.15) is 24.9 Å². The zero-order chi connectivity index (χ0) is 13.5. The zero-order valence-electron chi connectivity index (χ0n) is 10.4. The quantitative estimate of drug-likeness (QED) is 0.846. The average molecular weight is 295 g/mol. The lowest BCUT2D eigenvalue weighted by atomic mass is 10.1. The number of ether oxygens (including phenoxy) is 1. The molecule has 1 atom stereocenters. The van der Waals surface area contributed by atoms with Gasteiger partial charge in [-0.1, -0.05) is 12.1 Å². The Bertz CT molecular complexity index is 405. The van der Waals surface area contributed by atoms with Gasteiger partial charge in [0.05, 0.1) is 6.04 Å². The largest absolute Gasteiger partial charge is 0.435 e. The van der Waals surface area contributed by atoms with Crippen LogP contribution < -0.4 is 15.8 Å². The van der Waals surface area contributed by atoms with Gasteiger partial charge in [-0.15, -0.1) is 12.4 Å². The van der Waals surface area contributed by atoms with Gasteiger partial charge in [-0.2, -0.15) is 8.78 Å². The van der Waals surface area contributed by atoms with Crippen molar-refractivity contribution in [2.24, 2.45) is 5.73 Å². The molecule has 0 aromatic heterocycles. The van der Waals surface area contributed by atoms with Crippen molar-refractivity contribution < 1.29 is 18.3 Å². The Balaban J connectivity index is 0.00000324. The van der Waals surface area contributed by atoms with Crippen molar-refractivity contribution in [2.75, 3.05) is 6.54 Å². The van der Waals surface area contributed by atoms with Gasteiger partial charge >= 0.3 is 6.61 Å². The molecule has 0 heterocycles. The molecule has 0 bridgehead atoms. The van der Waals surface area contributed by atoms with Crippen LogP contribution in [-0.2, 0) is 4.79 Å². The summed E-state index contributed by atoms with van der Waals surface area (Å²) >= 11 is 0. The van der Waals surface area contributed by atoms with Crippen molar-refractivity contribution in [3.05, 3.63) is 29.8 Å². The van der Waals surface area contributed by atoms with Crippen molar-refractivity contribution in [3.63, 3.8) is 0 Å². The summed E-state index contributed by atoms with van der Waals surface area (Å²) < 4.78 is 28.4. The second kappa shape index (κ2) is 8.66. The summed E-state index contributed by atoms with van der Waals surface area (Å²) in [4.78, 5) is 11.3. The fraction of sp³-hybridized carbons (Fsp3) is 0.417. The van der Waals surface area contributed by atoms with E-state index in [9.17, 15) is 13.6 Å². The number of amides is 1. The number of hydrogen-bond acceptors (Lipinski definition) is 3. The minimum Gasteiger partial charge on any atom is -0.435 e. The Morgan fingerprint density at radius 2 is 2.16 bits per heavy atom. The fourth-order valence-corrected chi connectivity index (χ4v) is 1.49. The normalized spacial score (nSPS) is 11.6. The van der Waals surface area contributed by atoms with E-state index >= 15 is 0 Å². The summed E-state index contributed by atoms with van der Waals surface area (Å²) in [6.07, 6.45) is 0.234. The molecule has 0 radical (unpaired) electrons. The molecule has 1 amide bonds. The highest BCUT2D eigenvalue weighted by molar-refractivity contribution is 5.85. The molecule has 0 spiro atoms. The van der Waals surface area contributed by atoms with Gasteiger partial charge in [0.25, 0.3) is 0 Å². The van der Waals surface area contributed by atoms with E-state index in [2.05, 4.69) is 10.1 Å². The number of alkyl halides is 2. The number of hydrogen-bond donors (Lipinski definition) is 2. The highest BCUT2D eigenvalue weighted by atomic mass is 35.5. The second-order valence-corrected chi connectivity index (χ2v) is 3.78. The van der Waals surface area contributed by atoms with Gasteiger partial charge < -0.3 is 15.8 Å². The predicted octanol–water partition coefficient (Wildman–Crippen LogP) is 2.24. The van der Waals surface area contributed by atoms with Gasteiger partial charge in [-0.25, -0.2) is 0 Å². The molecule has 0 aliphatic carbocycles. The second-order valence-electron chi connectivity index (χ2n) is 3.78. The van der Waals surface area contributed by atoms with E-state index in [0.717, 1.165) is 0 Å². The Labute approximate surface area is 116 Å². The topological polar surface area (TPSA) is 64.4 Å². The van der Waals surface area contributed by atoms with Gasteiger partial charge in [0.15, 0.2) is 0 Å². The number of nitrogens with two attached hydrogens (primary N) is 1. The smallest absolute Gasteiger partial charge is 0.387 e. The van der Waals surface area contributed by atoms with Gasteiger partial charge in [-0.05, 0) is 24.6 Å². The monoisotopic (exact) mass is 294 g/mol. The van der Waals surface area contributed by atoms with Gasteiger partial charge in [0.1, 0.15) is 5.75 Å². The maximum Gasteiger partial charge on any atom is 0.387 e. The standard InChI is InChI=1S/C12H16F2N2O2.ClH/c1-8(16-11(17)5-6-15)9-3-2-4-10(7-9)18-12(13)14;/h2-4,7-8,12H,5-6,15H2,1H3,(H,16,17);1H. The van der Waals surface area contributed by atoms with Crippen LogP contribution >= 0.6 is 12.4 Å².